The Morgan fingerprint density at radius 3 is 2.53 bits per heavy atom. The van der Waals surface area contributed by atoms with E-state index in [0.29, 0.717) is 6.02 Å². The molecule has 0 spiro atoms. The van der Waals surface area contributed by atoms with Crippen molar-refractivity contribution in [1.82, 2.24) is 4.90 Å². The lowest BCUT2D eigenvalue weighted by atomic mass is 10.0. The molecular weight excluding hydrogens is 200 g/mol. The summed E-state index contributed by atoms with van der Waals surface area (Å²) in [6.07, 6.45) is -2.47. The van der Waals surface area contributed by atoms with Crippen molar-refractivity contribution in [1.29, 1.82) is 0 Å². The predicted octanol–water partition coefficient (Wildman–Crippen LogP) is -1.98. The van der Waals surface area contributed by atoms with Crippen molar-refractivity contribution in [3.63, 3.8) is 0 Å². The largest absolute Gasteiger partial charge is 0.457 e. The lowest BCUT2D eigenvalue weighted by molar-refractivity contribution is -0.0279. The third-order valence-corrected chi connectivity index (χ3v) is 2.99. The summed E-state index contributed by atoms with van der Waals surface area (Å²) in [6, 6.07) is 0.0896. The molecule has 0 aromatic heterocycles. The molecule has 3 N–H and O–H groups in total. The van der Waals surface area contributed by atoms with Crippen LogP contribution < -0.4 is 0 Å². The van der Waals surface area contributed by atoms with Gasteiger partial charge in [0.15, 0.2) is 6.10 Å². The van der Waals surface area contributed by atoms with Crippen molar-refractivity contribution < 1.29 is 20.1 Å². The smallest absolute Gasteiger partial charge is 0.287 e. The number of aliphatic hydroxyl groups is 3. The summed E-state index contributed by atoms with van der Waals surface area (Å²) in [5.41, 5.74) is 0. The Morgan fingerprint density at radius 1 is 1.33 bits per heavy atom. The maximum absolute atomic E-state index is 9.69. The second-order valence-electron chi connectivity index (χ2n) is 4.21. The Labute approximate surface area is 87.8 Å². The molecule has 0 aromatic rings. The Balaban J connectivity index is 2.20. The molecule has 0 amide bonds. The SMILES string of the molecule is CN(C)C1=N[C@H]2[C@H](CO)[C@@H](O)[C@H](O)[C@H]2O1. The van der Waals surface area contributed by atoms with Crippen LogP contribution in [0.3, 0.4) is 0 Å². The van der Waals surface area contributed by atoms with Crippen LogP contribution >= 0.6 is 0 Å². The molecule has 0 saturated heterocycles. The molecule has 2 rings (SSSR count). The van der Waals surface area contributed by atoms with Crippen LogP contribution in [0.2, 0.25) is 0 Å². The first-order chi connectivity index (χ1) is 7.06. The lowest BCUT2D eigenvalue weighted by Crippen LogP contribution is -2.35. The first-order valence-electron chi connectivity index (χ1n) is 4.95. The van der Waals surface area contributed by atoms with Gasteiger partial charge < -0.3 is 25.0 Å². The van der Waals surface area contributed by atoms with Crippen LogP contribution in [0.25, 0.3) is 0 Å². The highest BCUT2D eigenvalue weighted by Gasteiger charge is 2.54. The van der Waals surface area contributed by atoms with E-state index in [2.05, 4.69) is 4.99 Å². The van der Waals surface area contributed by atoms with Crippen molar-refractivity contribution in [3.8, 4) is 0 Å². The Kier molecular flexibility index (Phi) is 2.57. The van der Waals surface area contributed by atoms with Gasteiger partial charge in [0, 0.05) is 20.0 Å². The van der Waals surface area contributed by atoms with Crippen molar-refractivity contribution >= 4 is 6.02 Å². The van der Waals surface area contributed by atoms with Gasteiger partial charge in [0.2, 0.25) is 0 Å². The van der Waals surface area contributed by atoms with Gasteiger partial charge in [-0.1, -0.05) is 0 Å². The summed E-state index contributed by atoms with van der Waals surface area (Å²) in [5.74, 6) is -0.442. The highest BCUT2D eigenvalue weighted by atomic mass is 16.5. The van der Waals surface area contributed by atoms with E-state index in [9.17, 15) is 10.2 Å². The molecule has 0 bridgehead atoms. The van der Waals surface area contributed by atoms with Crippen LogP contribution in [-0.4, -0.2) is 71.3 Å². The summed E-state index contributed by atoms with van der Waals surface area (Å²) in [4.78, 5) is 5.94. The number of rotatable bonds is 1. The van der Waals surface area contributed by atoms with E-state index >= 15 is 0 Å². The standard InChI is InChI=1S/C9H16N2O4/c1-11(2)9-10-5-4(3-12)6(13)7(14)8(5)15-9/h4-8,12-14H,3H2,1-2H3/t4-,5-,6+,7-,8-/m0/s1. The lowest BCUT2D eigenvalue weighted by Gasteiger charge is -2.19. The Hall–Kier alpha value is -0.850. The normalized spacial score (nSPS) is 43.5. The number of nitrogens with zero attached hydrogens (tertiary/aromatic N) is 2. The molecule has 5 atom stereocenters. The van der Waals surface area contributed by atoms with Crippen LogP contribution in [0, 0.1) is 5.92 Å². The van der Waals surface area contributed by atoms with E-state index in [0.717, 1.165) is 0 Å². The molecule has 15 heavy (non-hydrogen) atoms. The third kappa shape index (κ3) is 1.49. The van der Waals surface area contributed by atoms with Gasteiger partial charge in [-0.3, -0.25) is 0 Å². The van der Waals surface area contributed by atoms with E-state index in [-0.39, 0.29) is 12.6 Å². The Bertz CT molecular complexity index is 281. The zero-order valence-corrected chi connectivity index (χ0v) is 8.74. The van der Waals surface area contributed by atoms with Crippen LogP contribution in [-0.2, 0) is 4.74 Å². The highest BCUT2D eigenvalue weighted by Crippen LogP contribution is 2.35. The monoisotopic (exact) mass is 216 g/mol. The zero-order valence-electron chi connectivity index (χ0n) is 8.74. The maximum atomic E-state index is 9.69. The molecule has 0 aromatic carbocycles. The predicted molar refractivity (Wildman–Crippen MR) is 52.4 cm³/mol. The van der Waals surface area contributed by atoms with Gasteiger partial charge in [0.05, 0.1) is 12.7 Å². The summed E-state index contributed by atoms with van der Waals surface area (Å²) in [7, 11) is 3.58. The van der Waals surface area contributed by atoms with E-state index < -0.39 is 24.2 Å². The number of ether oxygens (including phenoxy) is 1. The van der Waals surface area contributed by atoms with Gasteiger partial charge in [0.1, 0.15) is 12.1 Å². The molecule has 1 aliphatic carbocycles. The summed E-state index contributed by atoms with van der Waals surface area (Å²) < 4.78 is 5.42. The van der Waals surface area contributed by atoms with Crippen molar-refractivity contribution in [2.24, 2.45) is 10.9 Å². The molecule has 6 nitrogen and oxygen atoms in total. The summed E-state index contributed by atoms with van der Waals surface area (Å²) in [6.45, 7) is -0.201. The average molecular weight is 216 g/mol. The van der Waals surface area contributed by atoms with Crippen molar-refractivity contribution in [2.75, 3.05) is 20.7 Å². The van der Waals surface area contributed by atoms with Gasteiger partial charge in [-0.15, -0.1) is 0 Å². The number of hydrogen-bond donors (Lipinski definition) is 3. The molecule has 0 unspecified atom stereocenters. The molecule has 1 saturated carbocycles. The van der Waals surface area contributed by atoms with Gasteiger partial charge in [-0.25, -0.2) is 4.99 Å². The Morgan fingerprint density at radius 2 is 2.00 bits per heavy atom. The first-order valence-corrected chi connectivity index (χ1v) is 4.95. The van der Waals surface area contributed by atoms with E-state index in [1.165, 1.54) is 0 Å². The molecule has 0 radical (unpaired) electrons. The number of fused-ring (bicyclic) bond motifs is 1. The fourth-order valence-electron chi connectivity index (χ4n) is 2.12. The molecule has 2 aliphatic rings. The average Bonchev–Trinajstić information content (AvgIpc) is 2.69. The number of aliphatic hydroxyl groups excluding tert-OH is 3. The first kappa shape index (κ1) is 10.7. The molecule has 1 heterocycles. The minimum absolute atomic E-state index is 0.201. The van der Waals surface area contributed by atoms with Crippen molar-refractivity contribution in [3.05, 3.63) is 0 Å². The fourth-order valence-corrected chi connectivity index (χ4v) is 2.12. The van der Waals surface area contributed by atoms with Gasteiger partial charge >= 0.3 is 0 Å². The van der Waals surface area contributed by atoms with Crippen LogP contribution in [0.4, 0.5) is 0 Å². The maximum Gasteiger partial charge on any atom is 0.287 e. The van der Waals surface area contributed by atoms with Crippen LogP contribution in [0.1, 0.15) is 0 Å². The van der Waals surface area contributed by atoms with E-state index in [1.54, 1.807) is 19.0 Å². The minimum atomic E-state index is -0.978. The molecule has 1 fully saturated rings. The second-order valence-corrected chi connectivity index (χ2v) is 4.21. The topological polar surface area (TPSA) is 85.5 Å². The van der Waals surface area contributed by atoms with Crippen LogP contribution in [0.5, 0.6) is 0 Å². The van der Waals surface area contributed by atoms with Gasteiger partial charge in [-0.2, -0.15) is 0 Å². The molecule has 6 heteroatoms. The highest BCUT2D eigenvalue weighted by molar-refractivity contribution is 5.75. The molecule has 1 aliphatic heterocycles. The minimum Gasteiger partial charge on any atom is -0.457 e. The number of amidine groups is 1. The van der Waals surface area contributed by atoms with E-state index in [1.807, 2.05) is 0 Å². The second kappa shape index (κ2) is 3.62. The summed E-state index contributed by atoms with van der Waals surface area (Å²) in [5, 5.41) is 28.4. The summed E-state index contributed by atoms with van der Waals surface area (Å²) >= 11 is 0. The van der Waals surface area contributed by atoms with Crippen LogP contribution in [0.15, 0.2) is 4.99 Å². The molecule has 86 valence electrons. The van der Waals surface area contributed by atoms with Gasteiger partial charge in [-0.05, 0) is 0 Å². The van der Waals surface area contributed by atoms with Crippen molar-refractivity contribution in [2.45, 2.75) is 24.4 Å². The van der Waals surface area contributed by atoms with Gasteiger partial charge in [0.25, 0.3) is 6.02 Å². The molecular formula is C9H16N2O4. The number of aliphatic imine (C=N–C) groups is 1. The van der Waals surface area contributed by atoms with E-state index in [4.69, 9.17) is 9.84 Å². The third-order valence-electron chi connectivity index (χ3n) is 2.99. The quantitative estimate of drug-likeness (QED) is 0.473. The fraction of sp³-hybridized carbons (Fsp3) is 0.889. The number of hydrogen-bond acceptors (Lipinski definition) is 6. The zero-order chi connectivity index (χ0) is 11.2.